The Kier molecular flexibility index (Phi) is 6.73. The van der Waals surface area contributed by atoms with E-state index < -0.39 is 5.56 Å². The van der Waals surface area contributed by atoms with E-state index in [2.05, 4.69) is 35.8 Å². The average Bonchev–Trinajstić information content (AvgIpc) is 2.85. The van der Waals surface area contributed by atoms with Gasteiger partial charge in [0.05, 0.1) is 24.7 Å². The minimum Gasteiger partial charge on any atom is -0.395 e. The van der Waals surface area contributed by atoms with Crippen LogP contribution in [0.4, 0.5) is 17.2 Å². The molecule has 10 nitrogen and oxygen atoms in total. The number of anilines is 3. The minimum absolute atomic E-state index is 0.0308. The van der Waals surface area contributed by atoms with Gasteiger partial charge in [-0.15, -0.1) is 0 Å². The van der Waals surface area contributed by atoms with Crippen molar-refractivity contribution in [2.24, 2.45) is 0 Å². The zero-order valence-corrected chi connectivity index (χ0v) is 17.5. The van der Waals surface area contributed by atoms with Crippen LogP contribution in [0.15, 0.2) is 53.7 Å². The number of H-pyrrole nitrogens is 1. The largest absolute Gasteiger partial charge is 0.395 e. The normalized spacial score (nSPS) is 13.6. The third kappa shape index (κ3) is 5.10. The van der Waals surface area contributed by atoms with Crippen LogP contribution < -0.4 is 26.4 Å². The molecule has 2 aromatic heterocycles. The van der Waals surface area contributed by atoms with Crippen LogP contribution in [0.5, 0.6) is 0 Å². The van der Waals surface area contributed by atoms with Gasteiger partial charge in [0.25, 0.3) is 11.5 Å². The van der Waals surface area contributed by atoms with Crippen molar-refractivity contribution in [3.63, 3.8) is 0 Å². The van der Waals surface area contributed by atoms with Gasteiger partial charge < -0.3 is 30.9 Å². The number of carbonyl (C=O) groups excluding carboxylic acids is 1. The van der Waals surface area contributed by atoms with E-state index >= 15 is 0 Å². The lowest BCUT2D eigenvalue weighted by atomic mass is 10.1. The van der Waals surface area contributed by atoms with E-state index in [1.54, 1.807) is 24.4 Å². The second-order valence-electron chi connectivity index (χ2n) is 7.31. The molecule has 0 radical (unpaired) electrons. The Balaban J connectivity index is 1.49. The molecule has 1 amide bonds. The lowest BCUT2D eigenvalue weighted by molar-refractivity contribution is 0.102. The molecule has 1 aromatic carbocycles. The number of amides is 1. The van der Waals surface area contributed by atoms with Crippen molar-refractivity contribution >= 4 is 23.1 Å². The fourth-order valence-electron chi connectivity index (χ4n) is 3.44. The number of aromatic amines is 1. The van der Waals surface area contributed by atoms with Gasteiger partial charge in [-0.05, 0) is 30.3 Å². The van der Waals surface area contributed by atoms with Crippen LogP contribution in [-0.4, -0.2) is 65.3 Å². The number of hydrogen-bond donors (Lipinski definition) is 5. The minimum atomic E-state index is -0.415. The molecule has 1 saturated heterocycles. The summed E-state index contributed by atoms with van der Waals surface area (Å²) in [5, 5.41) is 17.9. The predicted molar refractivity (Wildman–Crippen MR) is 123 cm³/mol. The molecule has 0 saturated carbocycles. The first-order valence-corrected chi connectivity index (χ1v) is 10.4. The highest BCUT2D eigenvalue weighted by atomic mass is 16.3. The summed E-state index contributed by atoms with van der Waals surface area (Å²) in [4.78, 5) is 38.4. The number of pyridine rings is 1. The molecule has 0 atom stereocenters. The summed E-state index contributed by atoms with van der Waals surface area (Å²) in [6.07, 6.45) is 4.61. The maximum Gasteiger partial charge on any atom is 0.271 e. The van der Waals surface area contributed by atoms with Gasteiger partial charge >= 0.3 is 0 Å². The zero-order chi connectivity index (χ0) is 22.3. The number of benzene rings is 1. The van der Waals surface area contributed by atoms with Gasteiger partial charge in [-0.1, -0.05) is 0 Å². The molecule has 0 spiro atoms. The van der Waals surface area contributed by atoms with E-state index in [0.29, 0.717) is 29.2 Å². The van der Waals surface area contributed by atoms with E-state index in [-0.39, 0.29) is 18.2 Å². The maximum absolute atomic E-state index is 12.7. The smallest absolute Gasteiger partial charge is 0.271 e. The van der Waals surface area contributed by atoms with Gasteiger partial charge in [0.15, 0.2) is 0 Å². The molecule has 3 aromatic rings. The van der Waals surface area contributed by atoms with E-state index in [1.165, 1.54) is 12.4 Å². The first-order valence-electron chi connectivity index (χ1n) is 10.4. The van der Waals surface area contributed by atoms with Crippen molar-refractivity contribution in [2.45, 2.75) is 0 Å². The molecular weight excluding hydrogens is 410 g/mol. The van der Waals surface area contributed by atoms with Crippen molar-refractivity contribution in [2.75, 3.05) is 54.9 Å². The molecule has 4 rings (SSSR count). The SMILES string of the molecule is O=C(Nc1cc(-c2cncc(NCCO)n2)c[nH]c1=O)c1ccc(N2CCNCC2)cc1. The molecule has 10 heteroatoms. The molecule has 0 bridgehead atoms. The van der Waals surface area contributed by atoms with Crippen LogP contribution >= 0.6 is 0 Å². The molecule has 1 aliphatic heterocycles. The summed E-state index contributed by atoms with van der Waals surface area (Å²) in [5.41, 5.74) is 2.34. The third-order valence-corrected chi connectivity index (χ3v) is 5.11. The summed E-state index contributed by atoms with van der Waals surface area (Å²) in [5.74, 6) is 0.127. The number of rotatable bonds is 7. The molecule has 166 valence electrons. The second-order valence-corrected chi connectivity index (χ2v) is 7.31. The summed E-state index contributed by atoms with van der Waals surface area (Å²) >= 11 is 0. The summed E-state index contributed by atoms with van der Waals surface area (Å²) in [6.45, 7) is 4.04. The molecule has 3 heterocycles. The maximum atomic E-state index is 12.7. The highest BCUT2D eigenvalue weighted by Crippen LogP contribution is 2.20. The van der Waals surface area contributed by atoms with Crippen molar-refractivity contribution in [3.05, 3.63) is 64.8 Å². The van der Waals surface area contributed by atoms with Gasteiger partial charge in [0.1, 0.15) is 11.5 Å². The monoisotopic (exact) mass is 435 g/mol. The first kappa shape index (κ1) is 21.5. The number of aromatic nitrogens is 3. The zero-order valence-electron chi connectivity index (χ0n) is 17.5. The highest BCUT2D eigenvalue weighted by Gasteiger charge is 2.14. The van der Waals surface area contributed by atoms with Gasteiger partial charge in [-0.2, -0.15) is 0 Å². The summed E-state index contributed by atoms with van der Waals surface area (Å²) in [7, 11) is 0. The van der Waals surface area contributed by atoms with Crippen LogP contribution in [0.3, 0.4) is 0 Å². The number of nitrogens with zero attached hydrogens (tertiary/aromatic N) is 3. The quantitative estimate of drug-likeness (QED) is 0.369. The van der Waals surface area contributed by atoms with Gasteiger partial charge in [-0.25, -0.2) is 4.98 Å². The van der Waals surface area contributed by atoms with Gasteiger partial charge in [-0.3, -0.25) is 14.6 Å². The topological polar surface area (TPSA) is 135 Å². The van der Waals surface area contributed by atoms with Crippen molar-refractivity contribution in [3.8, 4) is 11.3 Å². The lowest BCUT2D eigenvalue weighted by Gasteiger charge is -2.29. The number of aliphatic hydroxyl groups excluding tert-OH is 1. The molecule has 5 N–H and O–H groups in total. The highest BCUT2D eigenvalue weighted by molar-refractivity contribution is 6.04. The Bertz CT molecular complexity index is 1120. The first-order chi connectivity index (χ1) is 15.6. The van der Waals surface area contributed by atoms with Crippen LogP contribution in [0, 0.1) is 0 Å². The molecule has 32 heavy (non-hydrogen) atoms. The molecule has 0 aliphatic carbocycles. The van der Waals surface area contributed by atoms with E-state index in [1.807, 2.05) is 12.1 Å². The number of piperazine rings is 1. The average molecular weight is 435 g/mol. The second kappa shape index (κ2) is 10.0. The Hall–Kier alpha value is -3.76. The Morgan fingerprint density at radius 1 is 1.16 bits per heavy atom. The number of nitrogens with one attached hydrogen (secondary N) is 4. The molecular formula is C22H25N7O3. The van der Waals surface area contributed by atoms with Crippen molar-refractivity contribution in [1.82, 2.24) is 20.3 Å². The number of carbonyl (C=O) groups is 1. The Morgan fingerprint density at radius 2 is 1.94 bits per heavy atom. The number of aliphatic hydroxyl groups is 1. The predicted octanol–water partition coefficient (Wildman–Crippen LogP) is 0.898. The van der Waals surface area contributed by atoms with Gasteiger partial charge in [0, 0.05) is 55.7 Å². The fourth-order valence-corrected chi connectivity index (χ4v) is 3.44. The summed E-state index contributed by atoms with van der Waals surface area (Å²) < 4.78 is 0. The fraction of sp³-hybridized carbons (Fsp3) is 0.273. The summed E-state index contributed by atoms with van der Waals surface area (Å²) in [6, 6.07) is 8.91. The Labute approximate surface area is 184 Å². The van der Waals surface area contributed by atoms with E-state index in [0.717, 1.165) is 31.9 Å². The van der Waals surface area contributed by atoms with Crippen molar-refractivity contribution in [1.29, 1.82) is 0 Å². The third-order valence-electron chi connectivity index (χ3n) is 5.11. The van der Waals surface area contributed by atoms with E-state index in [9.17, 15) is 9.59 Å². The molecule has 1 aliphatic rings. The van der Waals surface area contributed by atoms with Crippen LogP contribution in [-0.2, 0) is 0 Å². The Morgan fingerprint density at radius 3 is 2.69 bits per heavy atom. The van der Waals surface area contributed by atoms with Crippen molar-refractivity contribution < 1.29 is 9.90 Å². The lowest BCUT2D eigenvalue weighted by Crippen LogP contribution is -2.43. The number of hydrogen-bond acceptors (Lipinski definition) is 8. The van der Waals surface area contributed by atoms with E-state index in [4.69, 9.17) is 5.11 Å². The van der Waals surface area contributed by atoms with Crippen LogP contribution in [0.25, 0.3) is 11.3 Å². The van der Waals surface area contributed by atoms with Crippen LogP contribution in [0.2, 0.25) is 0 Å². The molecule has 1 fully saturated rings. The molecule has 0 unspecified atom stereocenters. The standard InChI is InChI=1S/C22H25N7O3/c30-10-7-25-20-14-24-13-19(27-20)16-11-18(22(32)26-12-16)28-21(31)15-1-3-17(4-2-15)29-8-5-23-6-9-29/h1-4,11-14,23,30H,5-10H2,(H,25,27)(H,26,32)(H,28,31). The van der Waals surface area contributed by atoms with Crippen LogP contribution in [0.1, 0.15) is 10.4 Å². The van der Waals surface area contributed by atoms with Gasteiger partial charge in [0.2, 0.25) is 0 Å².